The zero-order valence-corrected chi connectivity index (χ0v) is 17.8. The Morgan fingerprint density at radius 1 is 1.10 bits per heavy atom. The first kappa shape index (κ1) is 20.1. The van der Waals surface area contributed by atoms with E-state index < -0.39 is 0 Å². The standard InChI is InChI=1S/C24H28N4O2/c1-17-6-10-19(11-7-17)23-25-22(30-26-23)16-27(3)24(29)20-5-4-14-28(15-20)21-12-8-18(2)9-13-21/h6-13,20H,4-5,14-16H2,1-3H3/t20-/m0/s1. The first-order valence-electron chi connectivity index (χ1n) is 10.5. The van der Waals surface area contributed by atoms with E-state index in [4.69, 9.17) is 4.52 Å². The number of carbonyl (C=O) groups is 1. The van der Waals surface area contributed by atoms with E-state index in [1.807, 2.05) is 38.2 Å². The number of nitrogens with zero attached hydrogens (tertiary/aromatic N) is 4. The van der Waals surface area contributed by atoms with E-state index in [1.54, 1.807) is 4.90 Å². The van der Waals surface area contributed by atoms with Gasteiger partial charge in [0.25, 0.3) is 0 Å². The van der Waals surface area contributed by atoms with Gasteiger partial charge < -0.3 is 14.3 Å². The van der Waals surface area contributed by atoms with Crippen LogP contribution in [0, 0.1) is 19.8 Å². The third-order valence-electron chi connectivity index (χ3n) is 5.70. The molecule has 6 nitrogen and oxygen atoms in total. The highest BCUT2D eigenvalue weighted by Gasteiger charge is 2.29. The average Bonchev–Trinajstić information content (AvgIpc) is 3.22. The molecule has 3 aromatic rings. The van der Waals surface area contributed by atoms with E-state index in [2.05, 4.69) is 46.2 Å². The maximum Gasteiger partial charge on any atom is 0.246 e. The lowest BCUT2D eigenvalue weighted by Crippen LogP contribution is -2.43. The summed E-state index contributed by atoms with van der Waals surface area (Å²) < 4.78 is 5.39. The Kier molecular flexibility index (Phi) is 5.84. The Bertz CT molecular complexity index is 995. The molecule has 1 saturated heterocycles. The van der Waals surface area contributed by atoms with Gasteiger partial charge in [-0.25, -0.2) is 0 Å². The van der Waals surface area contributed by atoms with Crippen molar-refractivity contribution in [2.45, 2.75) is 33.2 Å². The first-order valence-corrected chi connectivity index (χ1v) is 10.5. The lowest BCUT2D eigenvalue weighted by molar-refractivity contribution is -0.135. The van der Waals surface area contributed by atoms with E-state index in [1.165, 1.54) is 16.8 Å². The zero-order valence-electron chi connectivity index (χ0n) is 17.8. The van der Waals surface area contributed by atoms with Gasteiger partial charge in [0.15, 0.2) is 0 Å². The topological polar surface area (TPSA) is 62.5 Å². The molecule has 1 aliphatic rings. The van der Waals surface area contributed by atoms with Gasteiger partial charge in [0.05, 0.1) is 12.5 Å². The summed E-state index contributed by atoms with van der Waals surface area (Å²) in [7, 11) is 1.81. The van der Waals surface area contributed by atoms with E-state index in [-0.39, 0.29) is 11.8 Å². The van der Waals surface area contributed by atoms with E-state index >= 15 is 0 Å². The zero-order chi connectivity index (χ0) is 21.1. The summed E-state index contributed by atoms with van der Waals surface area (Å²) in [5, 5.41) is 4.07. The van der Waals surface area contributed by atoms with Crippen LogP contribution < -0.4 is 4.90 Å². The SMILES string of the molecule is Cc1ccc(-c2noc(CN(C)C(=O)[C@H]3CCCN(c4ccc(C)cc4)C3)n2)cc1. The van der Waals surface area contributed by atoms with Crippen molar-refractivity contribution in [3.63, 3.8) is 0 Å². The molecule has 1 atom stereocenters. The number of benzene rings is 2. The Morgan fingerprint density at radius 3 is 2.47 bits per heavy atom. The average molecular weight is 405 g/mol. The molecule has 0 bridgehead atoms. The fourth-order valence-electron chi connectivity index (χ4n) is 3.90. The highest BCUT2D eigenvalue weighted by Crippen LogP contribution is 2.25. The van der Waals surface area contributed by atoms with Crippen LogP contribution in [0.15, 0.2) is 53.1 Å². The largest absolute Gasteiger partial charge is 0.371 e. The Labute approximate surface area is 177 Å². The summed E-state index contributed by atoms with van der Waals surface area (Å²) in [6.07, 6.45) is 1.92. The number of aromatic nitrogens is 2. The van der Waals surface area contributed by atoms with Crippen molar-refractivity contribution in [1.82, 2.24) is 15.0 Å². The maximum absolute atomic E-state index is 13.1. The van der Waals surface area contributed by atoms with Gasteiger partial charge in [-0.15, -0.1) is 0 Å². The van der Waals surface area contributed by atoms with Crippen LogP contribution in [0.2, 0.25) is 0 Å². The van der Waals surface area contributed by atoms with Crippen LogP contribution in [0.4, 0.5) is 5.69 Å². The number of rotatable bonds is 5. The van der Waals surface area contributed by atoms with Crippen LogP contribution in [0.3, 0.4) is 0 Å². The van der Waals surface area contributed by atoms with Gasteiger partial charge in [-0.2, -0.15) is 4.98 Å². The molecule has 0 radical (unpaired) electrons. The number of piperidine rings is 1. The molecule has 156 valence electrons. The highest BCUT2D eigenvalue weighted by atomic mass is 16.5. The normalized spacial score (nSPS) is 16.5. The molecule has 1 fully saturated rings. The van der Waals surface area contributed by atoms with Crippen molar-refractivity contribution in [1.29, 1.82) is 0 Å². The Morgan fingerprint density at radius 2 is 1.77 bits per heavy atom. The van der Waals surface area contributed by atoms with Gasteiger partial charge in [-0.3, -0.25) is 4.79 Å². The fourth-order valence-corrected chi connectivity index (χ4v) is 3.90. The number of anilines is 1. The number of hydrogen-bond acceptors (Lipinski definition) is 5. The fraction of sp³-hybridized carbons (Fsp3) is 0.375. The van der Waals surface area contributed by atoms with Crippen LogP contribution >= 0.6 is 0 Å². The van der Waals surface area contributed by atoms with E-state index in [0.29, 0.717) is 18.3 Å². The summed E-state index contributed by atoms with van der Waals surface area (Å²) in [5.41, 5.74) is 4.51. The lowest BCUT2D eigenvalue weighted by atomic mass is 9.96. The second-order valence-electron chi connectivity index (χ2n) is 8.19. The monoisotopic (exact) mass is 404 g/mol. The first-order chi connectivity index (χ1) is 14.5. The molecule has 0 aliphatic carbocycles. The van der Waals surface area contributed by atoms with Gasteiger partial charge in [0, 0.05) is 31.4 Å². The number of carbonyl (C=O) groups excluding carboxylic acids is 1. The van der Waals surface area contributed by atoms with Crippen LogP contribution in [0.25, 0.3) is 11.4 Å². The van der Waals surface area contributed by atoms with Gasteiger partial charge >= 0.3 is 0 Å². The van der Waals surface area contributed by atoms with Gasteiger partial charge in [-0.05, 0) is 38.8 Å². The third kappa shape index (κ3) is 4.53. The number of aryl methyl sites for hydroxylation is 2. The molecule has 2 aromatic carbocycles. The van der Waals surface area contributed by atoms with Crippen molar-refractivity contribution >= 4 is 11.6 Å². The molecule has 4 rings (SSSR count). The van der Waals surface area contributed by atoms with Crippen LogP contribution in [0.5, 0.6) is 0 Å². The molecule has 0 N–H and O–H groups in total. The summed E-state index contributed by atoms with van der Waals surface area (Å²) in [4.78, 5) is 21.5. The molecule has 0 unspecified atom stereocenters. The molecule has 2 heterocycles. The summed E-state index contributed by atoms with van der Waals surface area (Å²) in [6.45, 7) is 6.17. The molecule has 30 heavy (non-hydrogen) atoms. The van der Waals surface area contributed by atoms with Crippen molar-refractivity contribution < 1.29 is 9.32 Å². The van der Waals surface area contributed by atoms with Crippen LogP contribution in [0.1, 0.15) is 29.9 Å². The van der Waals surface area contributed by atoms with Crippen molar-refractivity contribution in [2.75, 3.05) is 25.0 Å². The van der Waals surface area contributed by atoms with E-state index in [9.17, 15) is 4.79 Å². The Hall–Kier alpha value is -3.15. The second kappa shape index (κ2) is 8.69. The summed E-state index contributed by atoms with van der Waals surface area (Å²) >= 11 is 0. The summed E-state index contributed by atoms with van der Waals surface area (Å²) in [6, 6.07) is 16.5. The number of hydrogen-bond donors (Lipinski definition) is 0. The minimum absolute atomic E-state index is 0.0236. The van der Waals surface area contributed by atoms with Crippen molar-refractivity contribution in [3.05, 3.63) is 65.5 Å². The molecule has 1 aliphatic heterocycles. The minimum atomic E-state index is -0.0236. The lowest BCUT2D eigenvalue weighted by Gasteiger charge is -2.35. The van der Waals surface area contributed by atoms with Gasteiger partial charge in [0.1, 0.15) is 0 Å². The molecular formula is C24H28N4O2. The molecule has 0 spiro atoms. The van der Waals surface area contributed by atoms with E-state index in [0.717, 1.165) is 31.5 Å². The Balaban J connectivity index is 1.38. The van der Waals surface area contributed by atoms with Crippen molar-refractivity contribution in [2.24, 2.45) is 5.92 Å². The number of amides is 1. The van der Waals surface area contributed by atoms with Crippen molar-refractivity contribution in [3.8, 4) is 11.4 Å². The predicted octanol–water partition coefficient (Wildman–Crippen LogP) is 4.23. The quantitative estimate of drug-likeness (QED) is 0.637. The second-order valence-corrected chi connectivity index (χ2v) is 8.19. The highest BCUT2D eigenvalue weighted by molar-refractivity contribution is 5.79. The van der Waals surface area contributed by atoms with Gasteiger partial charge in [-0.1, -0.05) is 52.7 Å². The third-order valence-corrected chi connectivity index (χ3v) is 5.70. The molecule has 0 saturated carbocycles. The molecule has 6 heteroatoms. The molecule has 1 aromatic heterocycles. The predicted molar refractivity (Wildman–Crippen MR) is 117 cm³/mol. The smallest absolute Gasteiger partial charge is 0.246 e. The molecule has 1 amide bonds. The summed E-state index contributed by atoms with van der Waals surface area (Å²) in [5.74, 6) is 1.10. The van der Waals surface area contributed by atoms with Gasteiger partial charge in [0.2, 0.25) is 17.6 Å². The maximum atomic E-state index is 13.1. The minimum Gasteiger partial charge on any atom is -0.371 e. The van der Waals surface area contributed by atoms with Crippen LogP contribution in [-0.2, 0) is 11.3 Å². The van der Waals surface area contributed by atoms with Crippen LogP contribution in [-0.4, -0.2) is 41.1 Å². The molecular weight excluding hydrogens is 376 g/mol.